The SMILES string of the molecule is CCOc1ccc(Nc2cc(-c3cccnc3)nc(N[C@@H](CO)C(C)C)n2)cc1. The molecule has 7 heteroatoms. The molecule has 1 atom stereocenters. The molecule has 0 amide bonds. The van der Waals surface area contributed by atoms with E-state index in [4.69, 9.17) is 4.74 Å². The van der Waals surface area contributed by atoms with Gasteiger partial charge in [0.2, 0.25) is 5.95 Å². The number of nitrogens with zero attached hydrogens (tertiary/aromatic N) is 3. The summed E-state index contributed by atoms with van der Waals surface area (Å²) in [6.45, 7) is 6.66. The number of hydrogen-bond donors (Lipinski definition) is 3. The van der Waals surface area contributed by atoms with E-state index in [1.807, 2.05) is 63.2 Å². The van der Waals surface area contributed by atoms with Crippen LogP contribution in [0.4, 0.5) is 17.5 Å². The molecule has 3 rings (SSSR count). The second kappa shape index (κ2) is 9.84. The topological polar surface area (TPSA) is 92.2 Å². The number of aromatic nitrogens is 3. The fraction of sp³-hybridized carbons (Fsp3) is 0.318. The van der Waals surface area contributed by atoms with Gasteiger partial charge in [-0.15, -0.1) is 0 Å². The second-order valence-electron chi connectivity index (χ2n) is 6.96. The van der Waals surface area contributed by atoms with Gasteiger partial charge in [0.25, 0.3) is 0 Å². The number of nitrogens with one attached hydrogen (secondary N) is 2. The van der Waals surface area contributed by atoms with Crippen molar-refractivity contribution >= 4 is 17.5 Å². The highest BCUT2D eigenvalue weighted by atomic mass is 16.5. The van der Waals surface area contributed by atoms with E-state index in [0.29, 0.717) is 18.4 Å². The van der Waals surface area contributed by atoms with Crippen molar-refractivity contribution in [2.75, 3.05) is 23.8 Å². The van der Waals surface area contributed by atoms with Crippen molar-refractivity contribution in [3.8, 4) is 17.0 Å². The fourth-order valence-corrected chi connectivity index (χ4v) is 2.78. The van der Waals surface area contributed by atoms with Crippen molar-refractivity contribution < 1.29 is 9.84 Å². The third kappa shape index (κ3) is 5.65. The number of aliphatic hydroxyl groups excluding tert-OH is 1. The van der Waals surface area contributed by atoms with Crippen LogP contribution < -0.4 is 15.4 Å². The average molecular weight is 393 g/mol. The van der Waals surface area contributed by atoms with Crippen molar-refractivity contribution in [1.29, 1.82) is 0 Å². The molecule has 3 aromatic rings. The van der Waals surface area contributed by atoms with E-state index in [-0.39, 0.29) is 18.6 Å². The van der Waals surface area contributed by atoms with Gasteiger partial charge in [-0.2, -0.15) is 4.98 Å². The van der Waals surface area contributed by atoms with Crippen LogP contribution in [0.1, 0.15) is 20.8 Å². The standard InChI is InChI=1S/C22H27N5O2/c1-4-29-18-9-7-17(8-10-18)24-21-12-19(16-6-5-11-23-13-16)25-22(27-21)26-20(14-28)15(2)3/h5-13,15,20,28H,4,14H2,1-3H3,(H2,24,25,26,27)/t20-/m0/s1. The van der Waals surface area contributed by atoms with Gasteiger partial charge in [-0.05, 0) is 49.2 Å². The molecule has 2 heterocycles. The van der Waals surface area contributed by atoms with Gasteiger partial charge in [0.15, 0.2) is 0 Å². The van der Waals surface area contributed by atoms with E-state index in [0.717, 1.165) is 22.7 Å². The van der Waals surface area contributed by atoms with Gasteiger partial charge in [-0.1, -0.05) is 13.8 Å². The summed E-state index contributed by atoms with van der Waals surface area (Å²) in [6, 6.07) is 13.3. The van der Waals surface area contributed by atoms with Crippen molar-refractivity contribution in [3.05, 3.63) is 54.9 Å². The predicted molar refractivity (Wildman–Crippen MR) is 115 cm³/mol. The van der Waals surface area contributed by atoms with Crippen molar-refractivity contribution in [2.24, 2.45) is 5.92 Å². The van der Waals surface area contributed by atoms with Gasteiger partial charge >= 0.3 is 0 Å². The molecule has 0 aliphatic carbocycles. The molecular weight excluding hydrogens is 366 g/mol. The van der Waals surface area contributed by atoms with Gasteiger partial charge in [0, 0.05) is 29.7 Å². The summed E-state index contributed by atoms with van der Waals surface area (Å²) >= 11 is 0. The molecule has 3 N–H and O–H groups in total. The molecule has 0 bridgehead atoms. The monoisotopic (exact) mass is 393 g/mol. The highest BCUT2D eigenvalue weighted by Gasteiger charge is 2.15. The van der Waals surface area contributed by atoms with Crippen LogP contribution >= 0.6 is 0 Å². The first kappa shape index (κ1) is 20.5. The number of benzene rings is 1. The molecule has 0 unspecified atom stereocenters. The number of hydrogen-bond acceptors (Lipinski definition) is 7. The lowest BCUT2D eigenvalue weighted by atomic mass is 10.1. The molecule has 29 heavy (non-hydrogen) atoms. The first-order valence-corrected chi connectivity index (χ1v) is 9.75. The highest BCUT2D eigenvalue weighted by Crippen LogP contribution is 2.25. The number of anilines is 3. The zero-order chi connectivity index (χ0) is 20.6. The van der Waals surface area contributed by atoms with Crippen LogP contribution in [0.5, 0.6) is 5.75 Å². The molecule has 0 aliphatic heterocycles. The molecule has 7 nitrogen and oxygen atoms in total. The first-order chi connectivity index (χ1) is 14.1. The molecule has 2 aromatic heterocycles. The van der Waals surface area contributed by atoms with Crippen molar-refractivity contribution in [2.45, 2.75) is 26.8 Å². The highest BCUT2D eigenvalue weighted by molar-refractivity contribution is 5.67. The Balaban J connectivity index is 1.91. The summed E-state index contributed by atoms with van der Waals surface area (Å²) in [5.74, 6) is 2.15. The third-order valence-electron chi connectivity index (χ3n) is 4.44. The van der Waals surface area contributed by atoms with Gasteiger partial charge in [-0.3, -0.25) is 4.98 Å². The van der Waals surface area contributed by atoms with Crippen LogP contribution in [0.15, 0.2) is 54.9 Å². The van der Waals surface area contributed by atoms with Gasteiger partial charge < -0.3 is 20.5 Å². The number of rotatable bonds is 9. The van der Waals surface area contributed by atoms with Crippen LogP contribution in [-0.4, -0.2) is 39.3 Å². The van der Waals surface area contributed by atoms with Crippen LogP contribution in [0, 0.1) is 5.92 Å². The van der Waals surface area contributed by atoms with Crippen molar-refractivity contribution in [1.82, 2.24) is 15.0 Å². The summed E-state index contributed by atoms with van der Waals surface area (Å²) in [7, 11) is 0. The Bertz CT molecular complexity index is 901. The van der Waals surface area contributed by atoms with Gasteiger partial charge in [-0.25, -0.2) is 4.98 Å². The molecular formula is C22H27N5O2. The molecule has 1 aromatic carbocycles. The number of pyridine rings is 1. The van der Waals surface area contributed by atoms with Gasteiger partial charge in [0.1, 0.15) is 11.6 Å². The maximum Gasteiger partial charge on any atom is 0.225 e. The Labute approximate surface area is 171 Å². The number of ether oxygens (including phenoxy) is 1. The Morgan fingerprint density at radius 2 is 1.90 bits per heavy atom. The van der Waals surface area contributed by atoms with E-state index in [9.17, 15) is 5.11 Å². The third-order valence-corrected chi connectivity index (χ3v) is 4.44. The second-order valence-corrected chi connectivity index (χ2v) is 6.96. The van der Waals surface area contributed by atoms with E-state index in [1.54, 1.807) is 12.4 Å². The Kier molecular flexibility index (Phi) is 6.97. The van der Waals surface area contributed by atoms with E-state index in [2.05, 4.69) is 25.6 Å². The quantitative estimate of drug-likeness (QED) is 0.504. The zero-order valence-electron chi connectivity index (χ0n) is 17.0. The lowest BCUT2D eigenvalue weighted by Gasteiger charge is -2.20. The Morgan fingerprint density at radius 3 is 2.52 bits per heavy atom. The summed E-state index contributed by atoms with van der Waals surface area (Å²) in [6.07, 6.45) is 3.49. The first-order valence-electron chi connectivity index (χ1n) is 9.75. The summed E-state index contributed by atoms with van der Waals surface area (Å²) in [5.41, 5.74) is 2.51. The molecule has 0 radical (unpaired) electrons. The summed E-state index contributed by atoms with van der Waals surface area (Å²) < 4.78 is 5.49. The minimum absolute atomic E-state index is 0.000199. The van der Waals surface area contributed by atoms with E-state index in [1.165, 1.54) is 0 Å². The van der Waals surface area contributed by atoms with Gasteiger partial charge in [0.05, 0.1) is 24.9 Å². The lowest BCUT2D eigenvalue weighted by Crippen LogP contribution is -2.30. The van der Waals surface area contributed by atoms with E-state index < -0.39 is 0 Å². The molecule has 0 aliphatic rings. The number of aliphatic hydroxyl groups is 1. The van der Waals surface area contributed by atoms with Crippen LogP contribution in [0.3, 0.4) is 0 Å². The molecule has 0 fully saturated rings. The largest absolute Gasteiger partial charge is 0.494 e. The zero-order valence-corrected chi connectivity index (χ0v) is 17.0. The van der Waals surface area contributed by atoms with E-state index >= 15 is 0 Å². The van der Waals surface area contributed by atoms with Crippen LogP contribution in [-0.2, 0) is 0 Å². The Hall–Kier alpha value is -3.19. The maximum atomic E-state index is 9.66. The summed E-state index contributed by atoms with van der Waals surface area (Å²) in [4.78, 5) is 13.4. The molecule has 0 spiro atoms. The predicted octanol–water partition coefficient (Wildman–Crippen LogP) is 4.11. The molecule has 152 valence electrons. The fourth-order valence-electron chi connectivity index (χ4n) is 2.78. The summed E-state index contributed by atoms with van der Waals surface area (Å²) in [5, 5.41) is 16.2. The minimum atomic E-state index is -0.141. The molecule has 0 saturated carbocycles. The maximum absolute atomic E-state index is 9.66. The lowest BCUT2D eigenvalue weighted by molar-refractivity contribution is 0.248. The van der Waals surface area contributed by atoms with Crippen LogP contribution in [0.25, 0.3) is 11.3 Å². The van der Waals surface area contributed by atoms with Crippen molar-refractivity contribution in [3.63, 3.8) is 0 Å². The Morgan fingerprint density at radius 1 is 1.10 bits per heavy atom. The smallest absolute Gasteiger partial charge is 0.225 e. The average Bonchev–Trinajstić information content (AvgIpc) is 2.74. The minimum Gasteiger partial charge on any atom is -0.494 e. The van der Waals surface area contributed by atoms with Crippen LogP contribution in [0.2, 0.25) is 0 Å². The molecule has 0 saturated heterocycles. The normalized spacial score (nSPS) is 11.9.